The van der Waals surface area contributed by atoms with Gasteiger partial charge in [-0.1, -0.05) is 68.4 Å². The number of benzene rings is 2. The smallest absolute Gasteiger partial charge is 0.226 e. The number of hydrogen-bond acceptors (Lipinski definition) is 2. The molecule has 3 heteroatoms. The number of carbonyl (C=O) groups is 1. The average molecular weight is 310 g/mol. The van der Waals surface area contributed by atoms with Gasteiger partial charge in [-0.05, 0) is 28.7 Å². The van der Waals surface area contributed by atoms with E-state index in [9.17, 15) is 4.79 Å². The monoisotopic (exact) mass is 310 g/mol. The molecule has 2 aromatic carbocycles. The van der Waals surface area contributed by atoms with Gasteiger partial charge in [0.15, 0.2) is 0 Å². The summed E-state index contributed by atoms with van der Waals surface area (Å²) < 4.78 is 0. The standard InChI is InChI=1S/C20H26N2O/c1-20(2,14-21)15-22(3)19(23)13-16-9-11-18(12-10-16)17-7-5-4-6-8-17/h4-12H,13-15,21H2,1-3H3. The van der Waals surface area contributed by atoms with Crippen LogP contribution in [0.5, 0.6) is 0 Å². The molecule has 0 aliphatic heterocycles. The highest BCUT2D eigenvalue weighted by atomic mass is 16.2. The van der Waals surface area contributed by atoms with Crippen LogP contribution in [0.4, 0.5) is 0 Å². The van der Waals surface area contributed by atoms with Crippen LogP contribution in [0.15, 0.2) is 54.6 Å². The van der Waals surface area contributed by atoms with Crippen molar-refractivity contribution in [3.05, 3.63) is 60.2 Å². The van der Waals surface area contributed by atoms with Gasteiger partial charge >= 0.3 is 0 Å². The number of likely N-dealkylation sites (N-methyl/N-ethyl adjacent to an activating group) is 1. The molecule has 122 valence electrons. The lowest BCUT2D eigenvalue weighted by Gasteiger charge is -2.29. The molecule has 0 heterocycles. The molecule has 2 N–H and O–H groups in total. The van der Waals surface area contributed by atoms with Gasteiger partial charge in [0.25, 0.3) is 0 Å². The zero-order valence-electron chi connectivity index (χ0n) is 14.3. The zero-order chi connectivity index (χ0) is 16.9. The SMILES string of the molecule is CN(CC(C)(C)CN)C(=O)Cc1ccc(-c2ccccc2)cc1. The molecule has 0 unspecified atom stereocenters. The first-order valence-electron chi connectivity index (χ1n) is 8.00. The molecule has 2 rings (SSSR count). The van der Waals surface area contributed by atoms with E-state index in [4.69, 9.17) is 5.73 Å². The van der Waals surface area contributed by atoms with Gasteiger partial charge in [-0.25, -0.2) is 0 Å². The van der Waals surface area contributed by atoms with E-state index in [-0.39, 0.29) is 11.3 Å². The Kier molecular flexibility index (Phi) is 5.56. The minimum atomic E-state index is -0.0540. The summed E-state index contributed by atoms with van der Waals surface area (Å²) in [5.74, 6) is 0.124. The lowest BCUT2D eigenvalue weighted by atomic mass is 9.93. The van der Waals surface area contributed by atoms with Gasteiger partial charge in [-0.2, -0.15) is 0 Å². The Balaban J connectivity index is 1.99. The van der Waals surface area contributed by atoms with Crippen LogP contribution < -0.4 is 5.73 Å². The molecule has 0 spiro atoms. The maximum absolute atomic E-state index is 12.3. The fourth-order valence-corrected chi connectivity index (χ4v) is 2.55. The zero-order valence-corrected chi connectivity index (χ0v) is 14.3. The third kappa shape index (κ3) is 4.93. The molecule has 0 fully saturated rings. The van der Waals surface area contributed by atoms with Gasteiger partial charge in [-0.3, -0.25) is 4.79 Å². The van der Waals surface area contributed by atoms with Crippen LogP contribution in [0.2, 0.25) is 0 Å². The summed E-state index contributed by atoms with van der Waals surface area (Å²) in [5, 5.41) is 0. The first-order valence-corrected chi connectivity index (χ1v) is 8.00. The van der Waals surface area contributed by atoms with E-state index in [2.05, 4.69) is 38.1 Å². The molecule has 0 saturated carbocycles. The maximum atomic E-state index is 12.3. The van der Waals surface area contributed by atoms with E-state index < -0.39 is 0 Å². The van der Waals surface area contributed by atoms with Gasteiger partial charge in [0.05, 0.1) is 6.42 Å². The molecule has 0 atom stereocenters. The molecule has 0 aromatic heterocycles. The molecule has 0 radical (unpaired) electrons. The van der Waals surface area contributed by atoms with Crippen molar-refractivity contribution in [1.82, 2.24) is 4.90 Å². The van der Waals surface area contributed by atoms with Gasteiger partial charge in [0.2, 0.25) is 5.91 Å². The average Bonchev–Trinajstić information content (AvgIpc) is 2.56. The molecule has 1 amide bonds. The van der Waals surface area contributed by atoms with Crippen LogP contribution in [0.25, 0.3) is 11.1 Å². The Hall–Kier alpha value is -2.13. The minimum Gasteiger partial charge on any atom is -0.345 e. The third-order valence-corrected chi connectivity index (χ3v) is 4.06. The van der Waals surface area contributed by atoms with Crippen molar-refractivity contribution in [2.24, 2.45) is 11.1 Å². The van der Waals surface area contributed by atoms with Gasteiger partial charge < -0.3 is 10.6 Å². The second-order valence-corrected chi connectivity index (χ2v) is 6.86. The maximum Gasteiger partial charge on any atom is 0.226 e. The van der Waals surface area contributed by atoms with Crippen molar-refractivity contribution in [1.29, 1.82) is 0 Å². The molecule has 23 heavy (non-hydrogen) atoms. The van der Waals surface area contributed by atoms with Crippen molar-refractivity contribution in [3.63, 3.8) is 0 Å². The molecule has 0 aliphatic carbocycles. The number of hydrogen-bond donors (Lipinski definition) is 1. The predicted octanol–water partition coefficient (Wildman–Crippen LogP) is 3.34. The molecule has 2 aromatic rings. The Labute approximate surface area is 139 Å². The summed E-state index contributed by atoms with van der Waals surface area (Å²) in [4.78, 5) is 14.1. The Bertz CT molecular complexity index is 632. The second kappa shape index (κ2) is 7.42. The van der Waals surface area contributed by atoms with E-state index in [1.807, 2.05) is 37.4 Å². The molecular formula is C20H26N2O. The first-order chi connectivity index (χ1) is 10.9. The van der Waals surface area contributed by atoms with Crippen LogP contribution in [-0.2, 0) is 11.2 Å². The van der Waals surface area contributed by atoms with Crippen molar-refractivity contribution < 1.29 is 4.79 Å². The molecule has 3 nitrogen and oxygen atoms in total. The Morgan fingerprint density at radius 2 is 1.57 bits per heavy atom. The largest absolute Gasteiger partial charge is 0.345 e. The van der Waals surface area contributed by atoms with Crippen LogP contribution >= 0.6 is 0 Å². The van der Waals surface area contributed by atoms with E-state index in [1.165, 1.54) is 11.1 Å². The van der Waals surface area contributed by atoms with Crippen LogP contribution in [0, 0.1) is 5.41 Å². The molecule has 0 aliphatic rings. The highest BCUT2D eigenvalue weighted by Crippen LogP contribution is 2.20. The Morgan fingerprint density at radius 3 is 2.13 bits per heavy atom. The fourth-order valence-electron chi connectivity index (χ4n) is 2.55. The lowest BCUT2D eigenvalue weighted by molar-refractivity contribution is -0.130. The normalized spacial score (nSPS) is 11.3. The van der Waals surface area contributed by atoms with Gasteiger partial charge in [-0.15, -0.1) is 0 Å². The van der Waals surface area contributed by atoms with Crippen molar-refractivity contribution in [2.75, 3.05) is 20.1 Å². The van der Waals surface area contributed by atoms with E-state index in [0.717, 1.165) is 5.56 Å². The summed E-state index contributed by atoms with van der Waals surface area (Å²) in [6, 6.07) is 18.4. The van der Waals surface area contributed by atoms with E-state index in [1.54, 1.807) is 4.90 Å². The fraction of sp³-hybridized carbons (Fsp3) is 0.350. The van der Waals surface area contributed by atoms with E-state index >= 15 is 0 Å². The second-order valence-electron chi connectivity index (χ2n) is 6.86. The molecule has 0 bridgehead atoms. The van der Waals surface area contributed by atoms with Gasteiger partial charge in [0.1, 0.15) is 0 Å². The number of nitrogens with zero attached hydrogens (tertiary/aromatic N) is 1. The van der Waals surface area contributed by atoms with Gasteiger partial charge in [0, 0.05) is 13.6 Å². The number of carbonyl (C=O) groups excluding carboxylic acids is 1. The molecular weight excluding hydrogens is 284 g/mol. The summed E-state index contributed by atoms with van der Waals surface area (Å²) >= 11 is 0. The Morgan fingerprint density at radius 1 is 1.00 bits per heavy atom. The summed E-state index contributed by atoms with van der Waals surface area (Å²) in [7, 11) is 1.85. The molecule has 0 saturated heterocycles. The van der Waals surface area contributed by atoms with Crippen LogP contribution in [0.3, 0.4) is 0 Å². The third-order valence-electron chi connectivity index (χ3n) is 4.06. The highest BCUT2D eigenvalue weighted by Gasteiger charge is 2.21. The number of rotatable bonds is 6. The number of amides is 1. The number of nitrogens with two attached hydrogens (primary N) is 1. The van der Waals surface area contributed by atoms with Crippen molar-refractivity contribution >= 4 is 5.91 Å². The predicted molar refractivity (Wildman–Crippen MR) is 96.1 cm³/mol. The minimum absolute atomic E-state index is 0.0540. The quantitative estimate of drug-likeness (QED) is 0.889. The van der Waals surface area contributed by atoms with E-state index in [0.29, 0.717) is 19.5 Å². The van der Waals surface area contributed by atoms with Crippen molar-refractivity contribution in [3.8, 4) is 11.1 Å². The van der Waals surface area contributed by atoms with Crippen molar-refractivity contribution in [2.45, 2.75) is 20.3 Å². The summed E-state index contributed by atoms with van der Waals surface area (Å²) in [6.07, 6.45) is 0.423. The van der Waals surface area contributed by atoms with Crippen LogP contribution in [0.1, 0.15) is 19.4 Å². The summed E-state index contributed by atoms with van der Waals surface area (Å²) in [5.41, 5.74) is 9.07. The summed E-state index contributed by atoms with van der Waals surface area (Å²) in [6.45, 7) is 5.39. The topological polar surface area (TPSA) is 46.3 Å². The highest BCUT2D eigenvalue weighted by molar-refractivity contribution is 5.79. The first kappa shape index (κ1) is 17.2. The lowest BCUT2D eigenvalue weighted by Crippen LogP contribution is -2.40. The van der Waals surface area contributed by atoms with Crippen LogP contribution in [-0.4, -0.2) is 30.9 Å².